The third-order valence-corrected chi connectivity index (χ3v) is 6.17. The first-order chi connectivity index (χ1) is 18.1. The Balaban J connectivity index is 1.44. The number of para-hydroxylation sites is 1. The molecule has 2 aliphatic rings. The second-order valence-corrected chi connectivity index (χ2v) is 8.71. The number of nitrogens with one attached hydrogen (secondary N) is 3. The molecule has 0 unspecified atom stereocenters. The summed E-state index contributed by atoms with van der Waals surface area (Å²) in [6.07, 6.45) is 5.18. The molecule has 12 nitrogen and oxygen atoms in total. The van der Waals surface area contributed by atoms with Crippen LogP contribution in [0.3, 0.4) is 0 Å². The molecule has 5 rings (SSSR count). The number of carbonyl (C=O) groups is 2. The summed E-state index contributed by atoms with van der Waals surface area (Å²) < 4.78 is 11.2. The zero-order valence-electron chi connectivity index (χ0n) is 20.7. The van der Waals surface area contributed by atoms with Gasteiger partial charge in [-0.2, -0.15) is 0 Å². The predicted molar refractivity (Wildman–Crippen MR) is 137 cm³/mol. The van der Waals surface area contributed by atoms with Gasteiger partial charge in [-0.25, -0.2) is 4.98 Å². The maximum absolute atomic E-state index is 12.5. The fourth-order valence-electron chi connectivity index (χ4n) is 4.03. The second-order valence-electron chi connectivity index (χ2n) is 8.71. The van der Waals surface area contributed by atoms with E-state index in [9.17, 15) is 9.59 Å². The molecular weight excluding hydrogens is 476 g/mol. The SMILES string of the molecule is CNC(=O)c1nnc(NC(=O)C2CC2)cc1Nc1cccc(-c2cnc(N3CCOCC3)cn2)c1OC. The molecular formula is C25H28N8O4. The van der Waals surface area contributed by atoms with E-state index in [4.69, 9.17) is 9.47 Å². The average molecular weight is 505 g/mol. The highest BCUT2D eigenvalue weighted by Gasteiger charge is 2.30. The van der Waals surface area contributed by atoms with Crippen LogP contribution in [0.25, 0.3) is 11.3 Å². The van der Waals surface area contributed by atoms with Crippen molar-refractivity contribution in [2.45, 2.75) is 12.8 Å². The van der Waals surface area contributed by atoms with Gasteiger partial charge in [0.15, 0.2) is 17.3 Å². The lowest BCUT2D eigenvalue weighted by atomic mass is 10.1. The Morgan fingerprint density at radius 2 is 1.89 bits per heavy atom. The van der Waals surface area contributed by atoms with E-state index < -0.39 is 5.91 Å². The van der Waals surface area contributed by atoms with E-state index in [2.05, 4.69) is 41.0 Å². The Bertz CT molecular complexity index is 1290. The third kappa shape index (κ3) is 5.43. The quantitative estimate of drug-likeness (QED) is 0.418. The van der Waals surface area contributed by atoms with Crippen LogP contribution >= 0.6 is 0 Å². The van der Waals surface area contributed by atoms with Crippen LogP contribution in [0.4, 0.5) is 23.0 Å². The zero-order chi connectivity index (χ0) is 25.8. The molecule has 3 heterocycles. The summed E-state index contributed by atoms with van der Waals surface area (Å²) in [4.78, 5) is 36.1. The summed E-state index contributed by atoms with van der Waals surface area (Å²) in [6, 6.07) is 7.13. The smallest absolute Gasteiger partial charge is 0.273 e. The van der Waals surface area contributed by atoms with E-state index in [1.54, 1.807) is 25.6 Å². The molecule has 0 radical (unpaired) electrons. The van der Waals surface area contributed by atoms with Crippen molar-refractivity contribution in [1.82, 2.24) is 25.5 Å². The molecule has 3 N–H and O–H groups in total. The van der Waals surface area contributed by atoms with Gasteiger partial charge < -0.3 is 30.3 Å². The Morgan fingerprint density at radius 1 is 1.08 bits per heavy atom. The minimum atomic E-state index is -0.422. The van der Waals surface area contributed by atoms with Crippen molar-refractivity contribution in [2.75, 3.05) is 56.0 Å². The summed E-state index contributed by atoms with van der Waals surface area (Å²) in [7, 11) is 3.07. The van der Waals surface area contributed by atoms with E-state index >= 15 is 0 Å². The first-order valence-electron chi connectivity index (χ1n) is 12.1. The molecule has 0 spiro atoms. The minimum absolute atomic E-state index is 0.00402. The number of nitrogens with zero attached hydrogens (tertiary/aromatic N) is 5. The number of rotatable bonds is 8. The standard InChI is InChI=1S/C25H28N8O4/c1-26-25(35)22-18(12-20(31-32-22)30-24(34)15-6-7-15)29-17-5-3-4-16(23(17)36-2)19-13-28-21(14-27-19)33-8-10-37-11-9-33/h3-5,12-15H,6-11H2,1-2H3,(H,26,35)(H2,29,30,31,34). The molecule has 1 saturated heterocycles. The molecule has 1 aliphatic carbocycles. The van der Waals surface area contributed by atoms with Crippen LogP contribution in [-0.4, -0.2) is 72.4 Å². The number of methoxy groups -OCH3 is 1. The van der Waals surface area contributed by atoms with Gasteiger partial charge in [0.25, 0.3) is 5.91 Å². The van der Waals surface area contributed by atoms with Gasteiger partial charge in [-0.15, -0.1) is 10.2 Å². The largest absolute Gasteiger partial charge is 0.494 e. The molecule has 1 saturated carbocycles. The van der Waals surface area contributed by atoms with Gasteiger partial charge in [0.05, 0.1) is 49.8 Å². The fraction of sp³-hybridized carbons (Fsp3) is 0.360. The molecule has 37 heavy (non-hydrogen) atoms. The normalized spacial score (nSPS) is 15.1. The maximum Gasteiger partial charge on any atom is 0.273 e. The van der Waals surface area contributed by atoms with Gasteiger partial charge in [-0.1, -0.05) is 6.07 Å². The molecule has 3 aromatic rings. The zero-order valence-corrected chi connectivity index (χ0v) is 20.7. The summed E-state index contributed by atoms with van der Waals surface area (Å²) in [5.74, 6) is 1.04. The van der Waals surface area contributed by atoms with Gasteiger partial charge in [0.2, 0.25) is 5.91 Å². The van der Waals surface area contributed by atoms with E-state index in [1.807, 2.05) is 18.2 Å². The molecule has 2 fully saturated rings. The van der Waals surface area contributed by atoms with E-state index in [1.165, 1.54) is 7.05 Å². The van der Waals surface area contributed by atoms with Gasteiger partial charge in [0, 0.05) is 37.7 Å². The molecule has 2 amide bonds. The van der Waals surface area contributed by atoms with Crippen molar-refractivity contribution in [3.05, 3.63) is 42.4 Å². The Kier molecular flexibility index (Phi) is 7.08. The summed E-state index contributed by atoms with van der Waals surface area (Å²) in [5, 5.41) is 16.6. The maximum atomic E-state index is 12.5. The molecule has 1 aromatic carbocycles. The number of hydrogen-bond donors (Lipinski definition) is 3. The number of amides is 2. The lowest BCUT2D eigenvalue weighted by Gasteiger charge is -2.27. The molecule has 12 heteroatoms. The Morgan fingerprint density at radius 3 is 2.57 bits per heavy atom. The predicted octanol–water partition coefficient (Wildman–Crippen LogP) is 2.23. The van der Waals surface area contributed by atoms with E-state index in [0.29, 0.717) is 36.0 Å². The number of benzene rings is 1. The summed E-state index contributed by atoms with van der Waals surface area (Å²) in [6.45, 7) is 2.87. The van der Waals surface area contributed by atoms with Gasteiger partial charge in [-0.3, -0.25) is 14.6 Å². The van der Waals surface area contributed by atoms with Crippen LogP contribution in [0, 0.1) is 5.92 Å². The number of morpholine rings is 1. The van der Waals surface area contributed by atoms with E-state index in [-0.39, 0.29) is 23.3 Å². The molecule has 1 aliphatic heterocycles. The highest BCUT2D eigenvalue weighted by molar-refractivity contribution is 6.00. The van der Waals surface area contributed by atoms with Crippen LogP contribution in [0.1, 0.15) is 23.3 Å². The van der Waals surface area contributed by atoms with Crippen molar-refractivity contribution < 1.29 is 19.1 Å². The number of hydrogen-bond acceptors (Lipinski definition) is 10. The highest BCUT2D eigenvalue weighted by atomic mass is 16.5. The van der Waals surface area contributed by atoms with Crippen LogP contribution in [0.15, 0.2) is 36.7 Å². The van der Waals surface area contributed by atoms with Crippen LogP contribution in [0.5, 0.6) is 5.75 Å². The lowest BCUT2D eigenvalue weighted by Crippen LogP contribution is -2.36. The van der Waals surface area contributed by atoms with Crippen LogP contribution in [-0.2, 0) is 9.53 Å². The monoisotopic (exact) mass is 504 g/mol. The van der Waals surface area contributed by atoms with Crippen LogP contribution < -0.4 is 25.6 Å². The molecule has 2 aromatic heterocycles. The molecule has 0 atom stereocenters. The summed E-state index contributed by atoms with van der Waals surface area (Å²) >= 11 is 0. The lowest BCUT2D eigenvalue weighted by molar-refractivity contribution is -0.117. The third-order valence-electron chi connectivity index (χ3n) is 6.17. The Hall–Kier alpha value is -4.32. The first kappa shape index (κ1) is 24.4. The number of ether oxygens (including phenoxy) is 2. The van der Waals surface area contributed by atoms with Crippen molar-refractivity contribution in [1.29, 1.82) is 0 Å². The molecule has 0 bridgehead atoms. The average Bonchev–Trinajstić information content (AvgIpc) is 3.79. The minimum Gasteiger partial charge on any atom is -0.494 e. The van der Waals surface area contributed by atoms with Gasteiger partial charge >= 0.3 is 0 Å². The van der Waals surface area contributed by atoms with Gasteiger partial charge in [-0.05, 0) is 25.0 Å². The fourth-order valence-corrected chi connectivity index (χ4v) is 4.03. The molecule has 192 valence electrons. The van der Waals surface area contributed by atoms with Crippen LogP contribution in [0.2, 0.25) is 0 Å². The number of aromatic nitrogens is 4. The topological polar surface area (TPSA) is 143 Å². The number of anilines is 4. The summed E-state index contributed by atoms with van der Waals surface area (Å²) in [5.41, 5.74) is 2.38. The van der Waals surface area contributed by atoms with E-state index in [0.717, 1.165) is 37.3 Å². The Labute approximate surface area is 213 Å². The highest BCUT2D eigenvalue weighted by Crippen LogP contribution is 2.38. The second kappa shape index (κ2) is 10.7. The van der Waals surface area contributed by atoms with Crippen molar-refractivity contribution >= 4 is 34.8 Å². The number of carbonyl (C=O) groups excluding carboxylic acids is 2. The first-order valence-corrected chi connectivity index (χ1v) is 12.1. The van der Waals surface area contributed by atoms with Gasteiger partial charge in [0.1, 0.15) is 5.82 Å². The van der Waals surface area contributed by atoms with Crippen molar-refractivity contribution in [3.63, 3.8) is 0 Å². The van der Waals surface area contributed by atoms with Crippen molar-refractivity contribution in [2.24, 2.45) is 5.92 Å². The van der Waals surface area contributed by atoms with Crippen molar-refractivity contribution in [3.8, 4) is 17.0 Å².